The van der Waals surface area contributed by atoms with Crippen molar-refractivity contribution in [3.63, 3.8) is 0 Å². The van der Waals surface area contributed by atoms with Gasteiger partial charge in [0.15, 0.2) is 0 Å². The highest BCUT2D eigenvalue weighted by Gasteiger charge is 2.14. The molecular formula is C40H43N3. The van der Waals surface area contributed by atoms with E-state index in [9.17, 15) is 0 Å². The Morgan fingerprint density at radius 3 is 1.19 bits per heavy atom. The molecule has 6 rings (SSSR count). The van der Waals surface area contributed by atoms with Gasteiger partial charge in [-0.2, -0.15) is 0 Å². The molecule has 5 aromatic rings. The van der Waals surface area contributed by atoms with Gasteiger partial charge in [0, 0.05) is 45.5 Å². The largest absolute Gasteiger partial charge is 0.356 e. The first-order valence-corrected chi connectivity index (χ1v) is 15.4. The molecular weight excluding hydrogens is 522 g/mol. The third kappa shape index (κ3) is 8.05. The number of para-hydroxylation sites is 3. The van der Waals surface area contributed by atoms with Gasteiger partial charge in [-0.3, -0.25) is 0 Å². The molecule has 43 heavy (non-hydrogen) atoms. The van der Waals surface area contributed by atoms with E-state index in [4.69, 9.17) is 0 Å². The first-order valence-electron chi connectivity index (χ1n) is 15.4. The van der Waals surface area contributed by atoms with Crippen LogP contribution in [-0.2, 0) is 0 Å². The fraction of sp³-hybridized carbons (Fsp3) is 0.150. The Balaban J connectivity index is 0.00000102. The Morgan fingerprint density at radius 1 is 0.419 bits per heavy atom. The minimum atomic E-state index is 1.05. The van der Waals surface area contributed by atoms with Crippen molar-refractivity contribution in [1.82, 2.24) is 0 Å². The smallest absolute Gasteiger partial charge is 0.0463 e. The van der Waals surface area contributed by atoms with Crippen molar-refractivity contribution < 1.29 is 0 Å². The first-order chi connectivity index (χ1) is 21.3. The van der Waals surface area contributed by atoms with E-state index in [2.05, 4.69) is 161 Å². The van der Waals surface area contributed by atoms with Gasteiger partial charge in [0.1, 0.15) is 0 Å². The number of hydrogen-bond donors (Lipinski definition) is 1. The van der Waals surface area contributed by atoms with Crippen LogP contribution in [0.2, 0.25) is 0 Å². The van der Waals surface area contributed by atoms with Crippen LogP contribution < -0.4 is 15.1 Å². The standard InChI is InChI=1S/C36H31N3.2C2H6/c1-5-13-31(14-6-1)38(32-15-7-2-8-16-32)35-25-21-29(22-26-35)37-30-23-27-36(28-24-30)39(33-17-9-3-10-18-33)34-19-11-4-12-20-34;2*1-2/h1-3,5-11,13-28,37H,4,12H2;2*1-2H3. The van der Waals surface area contributed by atoms with Crippen LogP contribution in [-0.4, -0.2) is 0 Å². The van der Waals surface area contributed by atoms with Crippen molar-refractivity contribution in [2.75, 3.05) is 15.1 Å². The molecule has 0 fully saturated rings. The topological polar surface area (TPSA) is 18.5 Å². The average Bonchev–Trinajstić information content (AvgIpc) is 3.10. The monoisotopic (exact) mass is 565 g/mol. The fourth-order valence-electron chi connectivity index (χ4n) is 4.95. The van der Waals surface area contributed by atoms with Crippen molar-refractivity contribution in [2.45, 2.75) is 40.5 Å². The van der Waals surface area contributed by atoms with Gasteiger partial charge >= 0.3 is 0 Å². The van der Waals surface area contributed by atoms with E-state index in [-0.39, 0.29) is 0 Å². The van der Waals surface area contributed by atoms with Crippen LogP contribution in [0.4, 0.5) is 39.8 Å². The van der Waals surface area contributed by atoms with E-state index < -0.39 is 0 Å². The Kier molecular flexibility index (Phi) is 11.8. The number of nitrogens with zero attached hydrogens (tertiary/aromatic N) is 2. The Labute approximate surface area is 258 Å². The molecule has 218 valence electrons. The van der Waals surface area contributed by atoms with Gasteiger partial charge in [0.2, 0.25) is 0 Å². The van der Waals surface area contributed by atoms with Crippen molar-refractivity contribution in [3.8, 4) is 0 Å². The molecule has 0 aliphatic heterocycles. The molecule has 0 bridgehead atoms. The lowest BCUT2D eigenvalue weighted by atomic mass is 10.1. The van der Waals surface area contributed by atoms with E-state index in [1.165, 1.54) is 5.70 Å². The first kappa shape index (κ1) is 30.9. The van der Waals surface area contributed by atoms with Crippen LogP contribution in [0, 0.1) is 0 Å². The predicted molar refractivity (Wildman–Crippen MR) is 189 cm³/mol. The Morgan fingerprint density at radius 2 is 0.791 bits per heavy atom. The van der Waals surface area contributed by atoms with Crippen molar-refractivity contribution in [1.29, 1.82) is 0 Å². The number of rotatable bonds is 8. The van der Waals surface area contributed by atoms with Crippen LogP contribution >= 0.6 is 0 Å². The summed E-state index contributed by atoms with van der Waals surface area (Å²) in [7, 11) is 0. The van der Waals surface area contributed by atoms with Gasteiger partial charge in [0.25, 0.3) is 0 Å². The summed E-state index contributed by atoms with van der Waals surface area (Å²) >= 11 is 0. The third-order valence-electron chi connectivity index (χ3n) is 6.82. The zero-order valence-electron chi connectivity index (χ0n) is 25.8. The summed E-state index contributed by atoms with van der Waals surface area (Å²) in [6.07, 6.45) is 8.95. The maximum atomic E-state index is 3.57. The summed E-state index contributed by atoms with van der Waals surface area (Å²) in [5.41, 5.74) is 8.98. The van der Waals surface area contributed by atoms with Crippen LogP contribution in [0.5, 0.6) is 0 Å². The van der Waals surface area contributed by atoms with Gasteiger partial charge in [-0.15, -0.1) is 0 Å². The Bertz CT molecular complexity index is 1500. The van der Waals surface area contributed by atoms with Crippen LogP contribution in [0.15, 0.2) is 163 Å². The van der Waals surface area contributed by atoms with E-state index in [1.54, 1.807) is 0 Å². The number of hydrogen-bond acceptors (Lipinski definition) is 3. The molecule has 1 N–H and O–H groups in total. The van der Waals surface area contributed by atoms with Gasteiger partial charge in [-0.05, 0) is 104 Å². The lowest BCUT2D eigenvalue weighted by molar-refractivity contribution is 0.997. The minimum absolute atomic E-state index is 1.05. The maximum absolute atomic E-state index is 3.57. The fourth-order valence-corrected chi connectivity index (χ4v) is 4.95. The van der Waals surface area contributed by atoms with Gasteiger partial charge in [-0.25, -0.2) is 0 Å². The van der Waals surface area contributed by atoms with Crippen molar-refractivity contribution in [3.05, 3.63) is 163 Å². The molecule has 1 aliphatic carbocycles. The van der Waals surface area contributed by atoms with Crippen molar-refractivity contribution in [2.24, 2.45) is 0 Å². The third-order valence-corrected chi connectivity index (χ3v) is 6.82. The number of anilines is 7. The summed E-state index contributed by atoms with van der Waals surface area (Å²) in [5.74, 6) is 0. The summed E-state index contributed by atoms with van der Waals surface area (Å²) in [6, 6.07) is 48.7. The van der Waals surface area contributed by atoms with Gasteiger partial charge in [0.05, 0.1) is 0 Å². The molecule has 3 nitrogen and oxygen atoms in total. The van der Waals surface area contributed by atoms with Crippen LogP contribution in [0.1, 0.15) is 40.5 Å². The SMILES string of the molecule is C1=CC(N(c2ccccc2)c2ccc(Nc3ccc(N(c4ccccc4)c4ccccc4)cc3)cc2)=CCC1.CC.CC. The van der Waals surface area contributed by atoms with Crippen LogP contribution in [0.25, 0.3) is 0 Å². The minimum Gasteiger partial charge on any atom is -0.356 e. The summed E-state index contributed by atoms with van der Waals surface area (Å²) < 4.78 is 0. The average molecular weight is 566 g/mol. The second-order valence-corrected chi connectivity index (χ2v) is 9.50. The second-order valence-electron chi connectivity index (χ2n) is 9.50. The molecule has 3 heteroatoms. The van der Waals surface area contributed by atoms with Gasteiger partial charge in [-0.1, -0.05) is 94.4 Å². The molecule has 5 aromatic carbocycles. The van der Waals surface area contributed by atoms with Crippen LogP contribution in [0.3, 0.4) is 0 Å². The lowest BCUT2D eigenvalue weighted by Gasteiger charge is -2.27. The number of allylic oxidation sites excluding steroid dienone is 3. The lowest BCUT2D eigenvalue weighted by Crippen LogP contribution is -2.16. The predicted octanol–water partition coefficient (Wildman–Crippen LogP) is 12.3. The molecule has 0 amide bonds. The Hall–Kier alpha value is -5.02. The summed E-state index contributed by atoms with van der Waals surface area (Å²) in [4.78, 5) is 4.58. The molecule has 0 saturated heterocycles. The maximum Gasteiger partial charge on any atom is 0.0463 e. The normalized spacial score (nSPS) is 11.6. The molecule has 0 spiro atoms. The molecule has 0 radical (unpaired) electrons. The number of nitrogens with one attached hydrogen (secondary N) is 1. The molecule has 0 aromatic heterocycles. The molecule has 1 aliphatic rings. The zero-order valence-corrected chi connectivity index (χ0v) is 25.8. The molecule has 0 heterocycles. The summed E-state index contributed by atoms with van der Waals surface area (Å²) in [6.45, 7) is 8.00. The zero-order chi connectivity index (χ0) is 30.3. The van der Waals surface area contributed by atoms with E-state index >= 15 is 0 Å². The molecule has 0 saturated carbocycles. The van der Waals surface area contributed by atoms with Gasteiger partial charge < -0.3 is 15.1 Å². The van der Waals surface area contributed by atoms with Crippen molar-refractivity contribution >= 4 is 39.8 Å². The molecule has 0 atom stereocenters. The van der Waals surface area contributed by atoms with E-state index in [1.807, 2.05) is 39.8 Å². The second kappa shape index (κ2) is 16.4. The summed E-state index contributed by atoms with van der Waals surface area (Å²) in [5, 5.41) is 3.57. The van der Waals surface area contributed by atoms with E-state index in [0.29, 0.717) is 0 Å². The highest BCUT2D eigenvalue weighted by atomic mass is 15.1. The number of benzene rings is 5. The quantitative estimate of drug-likeness (QED) is 0.202. The molecule has 0 unspecified atom stereocenters. The highest BCUT2D eigenvalue weighted by molar-refractivity contribution is 5.78. The van der Waals surface area contributed by atoms with E-state index in [0.717, 1.165) is 52.7 Å². The highest BCUT2D eigenvalue weighted by Crippen LogP contribution is 2.36.